The smallest absolute Gasteiger partial charge is 0.396 e. The molecule has 2 rings (SSSR count). The highest BCUT2D eigenvalue weighted by molar-refractivity contribution is 5.67. The van der Waals surface area contributed by atoms with Crippen LogP contribution in [0.5, 0.6) is 0 Å². The van der Waals surface area contributed by atoms with E-state index >= 15 is 0 Å². The first kappa shape index (κ1) is 14.0. The minimum atomic E-state index is -4.43. The number of aromatic nitrogens is 1. The molecule has 0 atom stereocenters. The highest BCUT2D eigenvalue weighted by atomic mass is 19.4. The number of hydrogen-bond acceptors (Lipinski definition) is 3. The molecule has 106 valence electrons. The van der Waals surface area contributed by atoms with Crippen molar-refractivity contribution in [2.24, 2.45) is 0 Å². The second-order valence-corrected chi connectivity index (χ2v) is 4.85. The van der Waals surface area contributed by atoms with Crippen LogP contribution in [0.3, 0.4) is 0 Å². The monoisotopic (exact) mass is 273 g/mol. The van der Waals surface area contributed by atoms with Crippen LogP contribution in [0.4, 0.5) is 24.5 Å². The number of alkyl halides is 3. The number of nitrogen functional groups attached to an aromatic ring is 1. The predicted molar refractivity (Wildman–Crippen MR) is 68.9 cm³/mol. The lowest BCUT2D eigenvalue weighted by Gasteiger charge is -2.31. The fraction of sp³-hybridized carbons (Fsp3) is 0.615. The summed E-state index contributed by atoms with van der Waals surface area (Å²) in [4.78, 5) is 5.35. The van der Waals surface area contributed by atoms with Crippen molar-refractivity contribution in [3.05, 3.63) is 18.0 Å². The zero-order valence-corrected chi connectivity index (χ0v) is 10.9. The van der Waals surface area contributed by atoms with Gasteiger partial charge in [0.2, 0.25) is 0 Å². The summed E-state index contributed by atoms with van der Waals surface area (Å²) in [6, 6.07) is 1.35. The van der Waals surface area contributed by atoms with E-state index in [0.717, 1.165) is 37.9 Å². The van der Waals surface area contributed by atoms with Gasteiger partial charge in [0.05, 0.1) is 17.6 Å². The average molecular weight is 273 g/mol. The summed E-state index contributed by atoms with van der Waals surface area (Å²) in [5, 5.41) is 0. The summed E-state index contributed by atoms with van der Waals surface area (Å²) in [5.41, 5.74) is 5.69. The summed E-state index contributed by atoms with van der Waals surface area (Å²) >= 11 is 0. The van der Waals surface area contributed by atoms with Crippen molar-refractivity contribution in [1.82, 2.24) is 4.98 Å². The predicted octanol–water partition coefficient (Wildman–Crippen LogP) is 3.45. The number of pyridine rings is 1. The molecule has 1 aromatic heterocycles. The number of rotatable bonds is 3. The maximum Gasteiger partial charge on any atom is 0.433 e. The maximum atomic E-state index is 12.7. The molecule has 1 aliphatic rings. The van der Waals surface area contributed by atoms with Crippen LogP contribution in [0, 0.1) is 0 Å². The first-order valence-corrected chi connectivity index (χ1v) is 6.53. The highest BCUT2D eigenvalue weighted by Gasteiger charge is 2.34. The van der Waals surface area contributed by atoms with Gasteiger partial charge in [-0.25, -0.2) is 4.98 Å². The van der Waals surface area contributed by atoms with Gasteiger partial charge in [0.1, 0.15) is 5.69 Å². The molecule has 1 saturated carbocycles. The second-order valence-electron chi connectivity index (χ2n) is 4.85. The number of nitrogens with zero attached hydrogens (tertiary/aromatic N) is 2. The van der Waals surface area contributed by atoms with Crippen molar-refractivity contribution in [3.8, 4) is 0 Å². The van der Waals surface area contributed by atoms with Gasteiger partial charge in [-0.3, -0.25) is 0 Å². The molecule has 0 spiro atoms. The Bertz CT molecular complexity index is 439. The molecule has 1 aliphatic carbocycles. The van der Waals surface area contributed by atoms with E-state index in [0.29, 0.717) is 17.9 Å². The Morgan fingerprint density at radius 1 is 1.37 bits per heavy atom. The lowest BCUT2D eigenvalue weighted by Crippen LogP contribution is -2.34. The normalized spacial score (nSPS) is 16.8. The quantitative estimate of drug-likeness (QED) is 0.917. The third-order valence-electron chi connectivity index (χ3n) is 3.62. The summed E-state index contributed by atoms with van der Waals surface area (Å²) in [6.07, 6.45) is 0.942. The van der Waals surface area contributed by atoms with Crippen LogP contribution in [0.1, 0.15) is 38.3 Å². The third kappa shape index (κ3) is 2.93. The van der Waals surface area contributed by atoms with Gasteiger partial charge in [0, 0.05) is 12.6 Å². The van der Waals surface area contributed by atoms with E-state index in [2.05, 4.69) is 4.98 Å². The Morgan fingerprint density at radius 3 is 2.53 bits per heavy atom. The van der Waals surface area contributed by atoms with Crippen LogP contribution in [0.25, 0.3) is 0 Å². The van der Waals surface area contributed by atoms with Crippen molar-refractivity contribution in [1.29, 1.82) is 0 Å². The van der Waals surface area contributed by atoms with Gasteiger partial charge in [0.15, 0.2) is 0 Å². The summed E-state index contributed by atoms with van der Waals surface area (Å²) in [6.45, 7) is 2.58. The molecule has 1 fully saturated rings. The topological polar surface area (TPSA) is 42.2 Å². The average Bonchev–Trinajstić information content (AvgIpc) is 2.84. The zero-order chi connectivity index (χ0) is 14.0. The van der Waals surface area contributed by atoms with Crippen LogP contribution < -0.4 is 10.6 Å². The molecule has 0 bridgehead atoms. The molecule has 3 nitrogen and oxygen atoms in total. The molecule has 0 aliphatic heterocycles. The molecule has 1 heterocycles. The van der Waals surface area contributed by atoms with Crippen molar-refractivity contribution in [3.63, 3.8) is 0 Å². The summed E-state index contributed by atoms with van der Waals surface area (Å²) < 4.78 is 38.2. The lowest BCUT2D eigenvalue weighted by molar-refractivity contribution is -0.141. The van der Waals surface area contributed by atoms with E-state index in [1.165, 1.54) is 0 Å². The molecule has 6 heteroatoms. The number of anilines is 2. The number of nitrogens with two attached hydrogens (primary N) is 1. The Morgan fingerprint density at radius 2 is 2.00 bits per heavy atom. The first-order valence-electron chi connectivity index (χ1n) is 6.53. The van der Waals surface area contributed by atoms with Crippen LogP contribution in [-0.2, 0) is 6.18 Å². The van der Waals surface area contributed by atoms with E-state index in [1.54, 1.807) is 0 Å². The van der Waals surface area contributed by atoms with Gasteiger partial charge in [-0.15, -0.1) is 0 Å². The first-order chi connectivity index (χ1) is 8.93. The molecule has 0 unspecified atom stereocenters. The van der Waals surface area contributed by atoms with Gasteiger partial charge in [-0.1, -0.05) is 12.8 Å². The molecule has 19 heavy (non-hydrogen) atoms. The van der Waals surface area contributed by atoms with E-state index in [4.69, 9.17) is 5.73 Å². The van der Waals surface area contributed by atoms with Crippen molar-refractivity contribution >= 4 is 11.4 Å². The van der Waals surface area contributed by atoms with Gasteiger partial charge >= 0.3 is 6.18 Å². The zero-order valence-electron chi connectivity index (χ0n) is 10.9. The van der Waals surface area contributed by atoms with Crippen LogP contribution in [0.15, 0.2) is 12.3 Å². The molecular formula is C13H18F3N3. The Hall–Kier alpha value is -1.46. The number of hydrogen-bond donors (Lipinski definition) is 1. The molecule has 0 saturated heterocycles. The van der Waals surface area contributed by atoms with E-state index in [1.807, 2.05) is 11.8 Å². The largest absolute Gasteiger partial charge is 0.433 e. The molecule has 0 radical (unpaired) electrons. The van der Waals surface area contributed by atoms with Crippen molar-refractivity contribution < 1.29 is 13.2 Å². The maximum absolute atomic E-state index is 12.7. The molecule has 1 aromatic rings. The van der Waals surface area contributed by atoms with Crippen LogP contribution in [0.2, 0.25) is 0 Å². The van der Waals surface area contributed by atoms with Gasteiger partial charge < -0.3 is 10.6 Å². The van der Waals surface area contributed by atoms with Crippen molar-refractivity contribution in [2.75, 3.05) is 17.2 Å². The Labute approximate surface area is 110 Å². The fourth-order valence-electron chi connectivity index (χ4n) is 2.70. The standard InChI is InChI=1S/C13H18F3N3/c1-2-19(9-5-3-4-6-9)11-7-12(13(14,15)16)18-8-10(11)17/h7-9H,2-6,17H2,1H3. The van der Waals surface area contributed by atoms with E-state index in [9.17, 15) is 13.2 Å². The molecular weight excluding hydrogens is 255 g/mol. The van der Waals surface area contributed by atoms with E-state index in [-0.39, 0.29) is 6.04 Å². The second kappa shape index (κ2) is 5.27. The fourth-order valence-corrected chi connectivity index (χ4v) is 2.70. The molecule has 2 N–H and O–H groups in total. The van der Waals surface area contributed by atoms with Crippen LogP contribution in [-0.4, -0.2) is 17.6 Å². The minimum absolute atomic E-state index is 0.288. The van der Waals surface area contributed by atoms with Crippen molar-refractivity contribution in [2.45, 2.75) is 44.8 Å². The summed E-state index contributed by atoms with van der Waals surface area (Å²) in [7, 11) is 0. The molecule has 0 amide bonds. The van der Waals surface area contributed by atoms with Gasteiger partial charge in [-0.2, -0.15) is 13.2 Å². The SMILES string of the molecule is CCN(c1cc(C(F)(F)F)ncc1N)C1CCCC1. The molecule has 0 aromatic carbocycles. The highest BCUT2D eigenvalue weighted by Crippen LogP contribution is 2.35. The summed E-state index contributed by atoms with van der Waals surface area (Å²) in [5.74, 6) is 0. The Balaban J connectivity index is 2.35. The Kier molecular flexibility index (Phi) is 3.87. The van der Waals surface area contributed by atoms with Crippen LogP contribution >= 0.6 is 0 Å². The number of halogens is 3. The van der Waals surface area contributed by atoms with Gasteiger partial charge in [0.25, 0.3) is 0 Å². The lowest BCUT2D eigenvalue weighted by atomic mass is 10.1. The minimum Gasteiger partial charge on any atom is -0.396 e. The third-order valence-corrected chi connectivity index (χ3v) is 3.62. The van der Waals surface area contributed by atoms with E-state index < -0.39 is 11.9 Å². The van der Waals surface area contributed by atoms with Gasteiger partial charge in [-0.05, 0) is 25.8 Å².